The predicted molar refractivity (Wildman–Crippen MR) is 122 cm³/mol. The largest absolute Gasteiger partial charge is 0.394 e. The monoisotopic (exact) mass is 481 g/mol. The molecule has 0 saturated carbocycles. The molecule has 3 rings (SSSR count). The number of benzene rings is 2. The van der Waals surface area contributed by atoms with E-state index in [0.29, 0.717) is 24.0 Å². The summed E-state index contributed by atoms with van der Waals surface area (Å²) in [7, 11) is 0. The molecule has 1 fully saturated rings. The topological polar surface area (TPSA) is 81.7 Å². The second kappa shape index (κ2) is 11.6. The first-order chi connectivity index (χ1) is 15.4. The minimum Gasteiger partial charge on any atom is -0.394 e. The predicted octanol–water partition coefficient (Wildman–Crippen LogP) is 3.25. The van der Waals surface area contributed by atoms with Gasteiger partial charge in [-0.05, 0) is 67.7 Å². The van der Waals surface area contributed by atoms with Crippen LogP contribution >= 0.6 is 23.2 Å². The smallest absolute Gasteiger partial charge is 0.252 e. The van der Waals surface area contributed by atoms with E-state index in [0.717, 1.165) is 31.5 Å². The van der Waals surface area contributed by atoms with Gasteiger partial charge in [-0.25, -0.2) is 4.39 Å². The molecule has 1 atom stereocenters. The highest BCUT2D eigenvalue weighted by Gasteiger charge is 2.24. The van der Waals surface area contributed by atoms with E-state index in [1.165, 1.54) is 24.3 Å². The lowest BCUT2D eigenvalue weighted by Gasteiger charge is -2.32. The molecule has 0 spiro atoms. The van der Waals surface area contributed by atoms with Crippen LogP contribution in [-0.2, 0) is 11.3 Å². The molecule has 2 aromatic carbocycles. The first-order valence-electron chi connectivity index (χ1n) is 10.5. The molecule has 1 saturated heterocycles. The number of carbonyl (C=O) groups is 2. The van der Waals surface area contributed by atoms with Crippen LogP contribution in [0.15, 0.2) is 42.5 Å². The third kappa shape index (κ3) is 6.90. The van der Waals surface area contributed by atoms with Gasteiger partial charge in [0.1, 0.15) is 11.9 Å². The zero-order chi connectivity index (χ0) is 23.1. The number of rotatable bonds is 8. The normalized spacial score (nSPS) is 15.9. The number of nitrogens with zero attached hydrogens (tertiary/aromatic N) is 1. The van der Waals surface area contributed by atoms with Crippen LogP contribution in [0.3, 0.4) is 0 Å². The fraction of sp³-hybridized carbons (Fsp3) is 0.391. The Morgan fingerprint density at radius 3 is 2.53 bits per heavy atom. The van der Waals surface area contributed by atoms with Crippen molar-refractivity contribution < 1.29 is 19.1 Å². The quantitative estimate of drug-likeness (QED) is 0.540. The first kappa shape index (κ1) is 24.5. The van der Waals surface area contributed by atoms with Crippen molar-refractivity contribution in [3.63, 3.8) is 0 Å². The molecule has 0 aliphatic carbocycles. The maximum absolute atomic E-state index is 13.3. The number of likely N-dealkylation sites (tertiary alicyclic amines) is 1. The maximum atomic E-state index is 13.3. The lowest BCUT2D eigenvalue weighted by atomic mass is 9.96. The molecular weight excluding hydrogens is 456 g/mol. The number of amides is 2. The second-order valence-electron chi connectivity index (χ2n) is 7.93. The zero-order valence-electron chi connectivity index (χ0n) is 17.5. The van der Waals surface area contributed by atoms with Gasteiger partial charge in [-0.2, -0.15) is 0 Å². The van der Waals surface area contributed by atoms with Crippen molar-refractivity contribution in [1.29, 1.82) is 0 Å². The molecule has 3 N–H and O–H groups in total. The Morgan fingerprint density at radius 1 is 1.12 bits per heavy atom. The second-order valence-corrected chi connectivity index (χ2v) is 8.75. The summed E-state index contributed by atoms with van der Waals surface area (Å²) in [5.41, 5.74) is 1.19. The minimum atomic E-state index is -1.06. The molecule has 0 unspecified atom stereocenters. The number of hydrogen-bond acceptors (Lipinski definition) is 4. The average Bonchev–Trinajstić information content (AvgIpc) is 2.78. The van der Waals surface area contributed by atoms with Crippen molar-refractivity contribution in [1.82, 2.24) is 15.5 Å². The van der Waals surface area contributed by atoms with E-state index in [-0.39, 0.29) is 16.4 Å². The van der Waals surface area contributed by atoms with E-state index < -0.39 is 24.5 Å². The molecule has 32 heavy (non-hydrogen) atoms. The summed E-state index contributed by atoms with van der Waals surface area (Å²) < 4.78 is 13.3. The van der Waals surface area contributed by atoms with E-state index in [1.54, 1.807) is 12.1 Å². The zero-order valence-corrected chi connectivity index (χ0v) is 19.0. The number of hydrogen-bond donors (Lipinski definition) is 3. The van der Waals surface area contributed by atoms with Gasteiger partial charge in [0, 0.05) is 18.7 Å². The molecule has 172 valence electrons. The third-order valence-electron chi connectivity index (χ3n) is 5.55. The van der Waals surface area contributed by atoms with Gasteiger partial charge in [-0.1, -0.05) is 35.3 Å². The van der Waals surface area contributed by atoms with Gasteiger partial charge in [0.05, 0.1) is 16.7 Å². The van der Waals surface area contributed by atoms with Gasteiger partial charge in [0.15, 0.2) is 0 Å². The van der Waals surface area contributed by atoms with E-state index in [4.69, 9.17) is 23.2 Å². The Kier molecular flexibility index (Phi) is 8.87. The third-order valence-corrected chi connectivity index (χ3v) is 6.29. The Balaban J connectivity index is 1.43. The highest BCUT2D eigenvalue weighted by atomic mass is 35.5. The number of carbonyl (C=O) groups excluding carboxylic acids is 2. The molecule has 0 radical (unpaired) electrons. The van der Waals surface area contributed by atoms with Crippen LogP contribution in [0.1, 0.15) is 28.8 Å². The van der Waals surface area contributed by atoms with Crippen molar-refractivity contribution in [2.24, 2.45) is 5.92 Å². The van der Waals surface area contributed by atoms with E-state index >= 15 is 0 Å². The molecule has 6 nitrogen and oxygen atoms in total. The summed E-state index contributed by atoms with van der Waals surface area (Å²) in [4.78, 5) is 27.1. The summed E-state index contributed by atoms with van der Waals surface area (Å²) in [5, 5.41) is 15.5. The molecule has 0 aromatic heterocycles. The summed E-state index contributed by atoms with van der Waals surface area (Å²) in [6, 6.07) is 9.94. The van der Waals surface area contributed by atoms with Crippen LogP contribution in [0.2, 0.25) is 10.0 Å². The Bertz CT molecular complexity index is 952. The Labute approximate surface area is 196 Å². The van der Waals surface area contributed by atoms with Gasteiger partial charge >= 0.3 is 0 Å². The van der Waals surface area contributed by atoms with E-state index in [2.05, 4.69) is 15.5 Å². The Morgan fingerprint density at radius 2 is 1.88 bits per heavy atom. The van der Waals surface area contributed by atoms with Crippen molar-refractivity contribution in [2.45, 2.75) is 25.4 Å². The van der Waals surface area contributed by atoms with Gasteiger partial charge in [0.2, 0.25) is 5.91 Å². The first-order valence-corrected chi connectivity index (χ1v) is 11.2. The fourth-order valence-corrected chi connectivity index (χ4v) is 3.98. The van der Waals surface area contributed by atoms with Crippen LogP contribution in [0.5, 0.6) is 0 Å². The molecule has 2 aromatic rings. The number of halogens is 3. The van der Waals surface area contributed by atoms with Crippen LogP contribution in [-0.4, -0.2) is 54.1 Å². The van der Waals surface area contributed by atoms with Crippen molar-refractivity contribution in [3.05, 3.63) is 69.5 Å². The SMILES string of the molecule is O=C(N[C@@H](CO)C(=O)NCC1CCN(Cc2cccc(F)c2)CC1)c1ccc(Cl)c(Cl)c1. The average molecular weight is 482 g/mol. The molecule has 9 heteroatoms. The fourth-order valence-electron chi connectivity index (χ4n) is 3.68. The van der Waals surface area contributed by atoms with Crippen molar-refractivity contribution >= 4 is 35.0 Å². The standard InChI is InChI=1S/C23H26Cl2FN3O3/c24-19-5-4-17(11-20(19)25)22(31)28-21(14-30)23(32)27-12-15-6-8-29(9-7-15)13-16-2-1-3-18(26)10-16/h1-5,10-11,15,21,30H,6-9,12-14H2,(H,27,32)(H,28,31)/t21-/m0/s1. The minimum absolute atomic E-state index is 0.230. The maximum Gasteiger partial charge on any atom is 0.252 e. The highest BCUT2D eigenvalue weighted by molar-refractivity contribution is 6.42. The van der Waals surface area contributed by atoms with Crippen molar-refractivity contribution in [3.8, 4) is 0 Å². The van der Waals surface area contributed by atoms with Crippen LogP contribution < -0.4 is 10.6 Å². The molecule has 1 heterocycles. The van der Waals surface area contributed by atoms with Gasteiger partial charge in [-0.3, -0.25) is 14.5 Å². The number of nitrogens with one attached hydrogen (secondary N) is 2. The lowest BCUT2D eigenvalue weighted by molar-refractivity contribution is -0.124. The van der Waals surface area contributed by atoms with E-state index in [9.17, 15) is 19.1 Å². The van der Waals surface area contributed by atoms with Gasteiger partial charge < -0.3 is 15.7 Å². The molecule has 1 aliphatic heterocycles. The molecule has 1 aliphatic rings. The molecule has 0 bridgehead atoms. The number of piperidine rings is 1. The van der Waals surface area contributed by atoms with Crippen LogP contribution in [0.25, 0.3) is 0 Å². The number of aliphatic hydroxyl groups is 1. The van der Waals surface area contributed by atoms with Gasteiger partial charge in [-0.15, -0.1) is 0 Å². The van der Waals surface area contributed by atoms with Crippen molar-refractivity contribution in [2.75, 3.05) is 26.2 Å². The summed E-state index contributed by atoms with van der Waals surface area (Å²) in [6.07, 6.45) is 1.80. The lowest BCUT2D eigenvalue weighted by Crippen LogP contribution is -2.50. The number of aliphatic hydroxyl groups excluding tert-OH is 1. The van der Waals surface area contributed by atoms with Crippen LogP contribution in [0.4, 0.5) is 4.39 Å². The van der Waals surface area contributed by atoms with Gasteiger partial charge in [0.25, 0.3) is 5.91 Å². The molecule has 2 amide bonds. The molecular formula is C23H26Cl2FN3O3. The Hall–Kier alpha value is -2.19. The summed E-state index contributed by atoms with van der Waals surface area (Å²) >= 11 is 11.8. The van der Waals surface area contributed by atoms with Crippen LogP contribution in [0, 0.1) is 11.7 Å². The summed E-state index contributed by atoms with van der Waals surface area (Å²) in [5.74, 6) is -0.899. The highest BCUT2D eigenvalue weighted by Crippen LogP contribution is 2.22. The van der Waals surface area contributed by atoms with E-state index in [1.807, 2.05) is 6.07 Å². The summed E-state index contributed by atoms with van der Waals surface area (Å²) in [6.45, 7) is 2.35.